The van der Waals surface area contributed by atoms with Crippen molar-refractivity contribution in [3.05, 3.63) is 34.9 Å². The predicted molar refractivity (Wildman–Crippen MR) is 59.6 cm³/mol. The average molecular weight is 193 g/mol. The molecular formula is C12H19NO. The van der Waals surface area contributed by atoms with Crippen LogP contribution in [0.4, 0.5) is 0 Å². The van der Waals surface area contributed by atoms with Gasteiger partial charge in [-0.1, -0.05) is 11.1 Å². The Morgan fingerprint density at radius 3 is 2.36 bits per heavy atom. The van der Waals surface area contributed by atoms with Crippen LogP contribution in [0.2, 0.25) is 0 Å². The second-order valence-corrected chi connectivity index (χ2v) is 4.00. The summed E-state index contributed by atoms with van der Waals surface area (Å²) in [7, 11) is 0. The maximum Gasteiger partial charge on any atom is 0.183 e. The van der Waals surface area contributed by atoms with Gasteiger partial charge in [0.1, 0.15) is 0 Å². The lowest BCUT2D eigenvalue weighted by molar-refractivity contribution is 0.210. The van der Waals surface area contributed by atoms with E-state index in [1.807, 2.05) is 0 Å². The molecule has 0 radical (unpaired) electrons. The minimum absolute atomic E-state index is 0.650. The lowest BCUT2D eigenvalue weighted by Gasteiger charge is -2.13. The Kier molecular flexibility index (Phi) is 3.39. The van der Waals surface area contributed by atoms with Gasteiger partial charge >= 0.3 is 0 Å². The van der Waals surface area contributed by atoms with Gasteiger partial charge in [-0.3, -0.25) is 0 Å². The Labute approximate surface area is 86.3 Å². The molecule has 1 heterocycles. The largest absolute Gasteiger partial charge is 0.479 e. The molecule has 1 saturated heterocycles. The molecule has 0 spiro atoms. The van der Waals surface area contributed by atoms with E-state index in [9.17, 15) is 0 Å². The number of ether oxygens (including phenoxy) is 1. The number of hydrogen-bond donors (Lipinski definition) is 1. The lowest BCUT2D eigenvalue weighted by atomic mass is 10.0. The predicted octanol–water partition coefficient (Wildman–Crippen LogP) is 3.10. The molecule has 0 bridgehead atoms. The van der Waals surface area contributed by atoms with Crippen molar-refractivity contribution in [2.75, 3.05) is 6.61 Å². The first-order chi connectivity index (χ1) is 6.52. The van der Waals surface area contributed by atoms with Crippen molar-refractivity contribution in [3.63, 3.8) is 0 Å². The first-order valence-corrected chi connectivity index (χ1v) is 4.95. The highest BCUT2D eigenvalue weighted by Gasteiger charge is 2.14. The first-order valence-electron chi connectivity index (χ1n) is 4.95. The van der Waals surface area contributed by atoms with E-state index >= 15 is 0 Å². The van der Waals surface area contributed by atoms with Crippen LogP contribution in [0, 0.1) is 0 Å². The van der Waals surface area contributed by atoms with Crippen molar-refractivity contribution < 1.29 is 4.74 Å². The van der Waals surface area contributed by atoms with Gasteiger partial charge in [-0.25, -0.2) is 0 Å². The highest BCUT2D eigenvalue weighted by molar-refractivity contribution is 5.37. The first kappa shape index (κ1) is 10.9. The maximum atomic E-state index is 5.39. The highest BCUT2D eigenvalue weighted by Crippen LogP contribution is 2.23. The molecule has 2 heteroatoms. The minimum Gasteiger partial charge on any atom is -0.479 e. The molecule has 0 aromatic heterocycles. The van der Waals surface area contributed by atoms with E-state index < -0.39 is 0 Å². The molecule has 1 rings (SSSR count). The zero-order chi connectivity index (χ0) is 10.7. The van der Waals surface area contributed by atoms with E-state index in [0.717, 1.165) is 6.42 Å². The number of nitrogens with one attached hydrogen (secondary N) is 1. The smallest absolute Gasteiger partial charge is 0.183 e. The Hall–Kier alpha value is -1.18. The second-order valence-electron chi connectivity index (χ2n) is 4.00. The van der Waals surface area contributed by atoms with Crippen LogP contribution in [-0.4, -0.2) is 6.61 Å². The molecule has 2 nitrogen and oxygen atoms in total. The van der Waals surface area contributed by atoms with Crippen molar-refractivity contribution >= 4 is 0 Å². The number of allylic oxidation sites excluding steroid dienone is 3. The molecule has 78 valence electrons. The summed E-state index contributed by atoms with van der Waals surface area (Å²) in [4.78, 5) is 0. The fraction of sp³-hybridized carbons (Fsp3) is 0.500. The summed E-state index contributed by atoms with van der Waals surface area (Å²) >= 11 is 0. The second kappa shape index (κ2) is 4.36. The van der Waals surface area contributed by atoms with Crippen LogP contribution in [0.25, 0.3) is 0 Å². The zero-order valence-electron chi connectivity index (χ0n) is 9.53. The Morgan fingerprint density at radius 2 is 1.86 bits per heavy atom. The molecule has 0 aromatic carbocycles. The summed E-state index contributed by atoms with van der Waals surface area (Å²) in [5, 5.41) is 3.21. The molecule has 0 saturated carbocycles. The van der Waals surface area contributed by atoms with Gasteiger partial charge in [-0.05, 0) is 39.8 Å². The lowest BCUT2D eigenvalue weighted by Crippen LogP contribution is -2.13. The van der Waals surface area contributed by atoms with Gasteiger partial charge < -0.3 is 10.1 Å². The van der Waals surface area contributed by atoms with Gasteiger partial charge in [0.2, 0.25) is 0 Å². The highest BCUT2D eigenvalue weighted by atomic mass is 16.5. The van der Waals surface area contributed by atoms with Crippen molar-refractivity contribution in [2.45, 2.75) is 34.1 Å². The molecule has 1 N–H and O–H groups in total. The molecule has 0 aromatic rings. The normalized spacial score (nSPS) is 17.0. The van der Waals surface area contributed by atoms with Crippen molar-refractivity contribution in [2.24, 2.45) is 0 Å². The SMILES string of the molecule is C=C1NC(=C(C)C)C(=C(C)C)CCO1. The van der Waals surface area contributed by atoms with E-state index in [-0.39, 0.29) is 0 Å². The van der Waals surface area contributed by atoms with Gasteiger partial charge in [0.25, 0.3) is 0 Å². The topological polar surface area (TPSA) is 21.3 Å². The fourth-order valence-corrected chi connectivity index (χ4v) is 1.58. The standard InChI is InChI=1S/C12H19NO/c1-8(2)11-6-7-14-10(5)13-12(11)9(3)4/h13H,5-7H2,1-4H3. The third kappa shape index (κ3) is 2.41. The van der Waals surface area contributed by atoms with Gasteiger partial charge in [-0.15, -0.1) is 0 Å². The van der Waals surface area contributed by atoms with Crippen LogP contribution in [0.3, 0.4) is 0 Å². The van der Waals surface area contributed by atoms with Crippen LogP contribution in [-0.2, 0) is 4.74 Å². The van der Waals surface area contributed by atoms with E-state index in [1.54, 1.807) is 0 Å². The van der Waals surface area contributed by atoms with Gasteiger partial charge in [0, 0.05) is 12.1 Å². The van der Waals surface area contributed by atoms with E-state index in [1.165, 1.54) is 22.4 Å². The Morgan fingerprint density at radius 1 is 1.21 bits per heavy atom. The Bertz CT molecular complexity index is 302. The van der Waals surface area contributed by atoms with Crippen LogP contribution >= 0.6 is 0 Å². The zero-order valence-corrected chi connectivity index (χ0v) is 9.53. The Balaban J connectivity index is 3.11. The summed E-state index contributed by atoms with van der Waals surface area (Å²) in [6, 6.07) is 0. The monoisotopic (exact) mass is 193 g/mol. The van der Waals surface area contributed by atoms with Crippen LogP contribution in [0.15, 0.2) is 34.9 Å². The summed E-state index contributed by atoms with van der Waals surface area (Å²) in [6.45, 7) is 13.0. The van der Waals surface area contributed by atoms with Crippen molar-refractivity contribution in [1.29, 1.82) is 0 Å². The summed E-state index contributed by atoms with van der Waals surface area (Å²) in [5.41, 5.74) is 5.14. The van der Waals surface area contributed by atoms with E-state index in [2.05, 4.69) is 39.6 Å². The minimum atomic E-state index is 0.650. The molecule has 0 amide bonds. The van der Waals surface area contributed by atoms with Crippen molar-refractivity contribution in [1.82, 2.24) is 5.32 Å². The molecule has 1 aliphatic rings. The fourth-order valence-electron chi connectivity index (χ4n) is 1.58. The third-order valence-electron chi connectivity index (χ3n) is 2.30. The molecule has 14 heavy (non-hydrogen) atoms. The molecular weight excluding hydrogens is 174 g/mol. The molecule has 1 fully saturated rings. The average Bonchev–Trinajstić information content (AvgIpc) is 2.26. The third-order valence-corrected chi connectivity index (χ3v) is 2.30. The van der Waals surface area contributed by atoms with Gasteiger partial charge in [0.15, 0.2) is 5.88 Å². The summed E-state index contributed by atoms with van der Waals surface area (Å²) in [6.07, 6.45) is 0.953. The van der Waals surface area contributed by atoms with Gasteiger partial charge in [-0.2, -0.15) is 0 Å². The van der Waals surface area contributed by atoms with Crippen LogP contribution in [0.5, 0.6) is 0 Å². The molecule has 0 unspecified atom stereocenters. The number of rotatable bonds is 0. The van der Waals surface area contributed by atoms with Crippen LogP contribution < -0.4 is 5.32 Å². The van der Waals surface area contributed by atoms with Crippen molar-refractivity contribution in [3.8, 4) is 0 Å². The summed E-state index contributed by atoms with van der Waals surface area (Å²) < 4.78 is 5.39. The summed E-state index contributed by atoms with van der Waals surface area (Å²) in [5.74, 6) is 0.650. The van der Waals surface area contributed by atoms with Crippen LogP contribution in [0.1, 0.15) is 34.1 Å². The quantitative estimate of drug-likeness (QED) is 0.638. The van der Waals surface area contributed by atoms with E-state index in [0.29, 0.717) is 12.5 Å². The maximum absolute atomic E-state index is 5.39. The molecule has 0 atom stereocenters. The number of hydrogen-bond acceptors (Lipinski definition) is 2. The molecule has 1 aliphatic heterocycles. The molecule has 0 aliphatic carbocycles. The van der Waals surface area contributed by atoms with E-state index in [4.69, 9.17) is 4.74 Å². The van der Waals surface area contributed by atoms with Gasteiger partial charge in [0.05, 0.1) is 6.61 Å².